The van der Waals surface area contributed by atoms with Crippen LogP contribution in [0.25, 0.3) is 72.7 Å². The van der Waals surface area contributed by atoms with E-state index in [0.29, 0.717) is 33.9 Å². The summed E-state index contributed by atoms with van der Waals surface area (Å²) in [6.45, 7) is -14.6. The molecule has 0 amide bonds. The van der Waals surface area contributed by atoms with Crippen molar-refractivity contribution < 1.29 is 42.1 Å². The number of phenols is 1. The minimum atomic E-state index is -4.24. The van der Waals surface area contributed by atoms with Gasteiger partial charge in [0.15, 0.2) is 0 Å². The number of phenolic OH excluding ortho intramolecular Hbond substituents is 1. The van der Waals surface area contributed by atoms with Gasteiger partial charge in [-0.3, -0.25) is 9.55 Å². The lowest BCUT2D eigenvalue weighted by molar-refractivity contribution is 0.411. The molecule has 0 aliphatic rings. The molecule has 0 saturated carbocycles. The molecule has 0 radical (unpaired) electrons. The van der Waals surface area contributed by atoms with Crippen molar-refractivity contribution in [1.29, 1.82) is 0 Å². The first-order chi connectivity index (χ1) is 43.2. The molecule has 0 aliphatic heterocycles. The summed E-state index contributed by atoms with van der Waals surface area (Å²) in [5, 5.41) is 13.2. The summed E-state index contributed by atoms with van der Waals surface area (Å²) in [6.07, 6.45) is -1.12. The zero-order chi connectivity index (χ0) is 72.8. The molecule has 0 spiro atoms. The van der Waals surface area contributed by atoms with E-state index in [1.54, 1.807) is 99.6 Å². The minimum Gasteiger partial charge on any atom is -0.507 e. The number of fused-ring (bicyclic) bond motifs is 1. The van der Waals surface area contributed by atoms with Crippen LogP contribution in [-0.4, -0.2) is 19.6 Å². The summed E-state index contributed by atoms with van der Waals surface area (Å²) >= 11 is 0. The van der Waals surface area contributed by atoms with Gasteiger partial charge >= 0.3 is 0 Å². The van der Waals surface area contributed by atoms with E-state index in [-0.39, 0.29) is 50.7 Å². The lowest BCUT2D eigenvalue weighted by Gasteiger charge is -2.28. The second-order valence-corrected chi connectivity index (χ2v) is 20.9. The Morgan fingerprint density at radius 3 is 1.91 bits per heavy atom. The molecule has 0 unspecified atom stereocenters. The Balaban J connectivity index is 1.61. The Morgan fingerprint density at radius 2 is 1.25 bits per heavy atom. The molecule has 0 fully saturated rings. The Kier molecular flexibility index (Phi) is 6.52. The van der Waals surface area contributed by atoms with Crippen molar-refractivity contribution in [2.75, 3.05) is 0 Å². The number of rotatable bonds is 7. The van der Waals surface area contributed by atoms with Crippen LogP contribution in [0.15, 0.2) is 128 Å². The highest BCUT2D eigenvalue weighted by Crippen LogP contribution is 2.46. The Labute approximate surface area is 451 Å². The summed E-state index contributed by atoms with van der Waals surface area (Å²) in [5.41, 5.74) is -12.3. The third-order valence-electron chi connectivity index (χ3n) is 12.1. The fraction of sp³-hybridized carbons (Fsp3) is 0.354. The molecule has 0 bridgehead atoms. The van der Waals surface area contributed by atoms with Crippen molar-refractivity contribution >= 4 is 11.0 Å². The summed E-state index contributed by atoms with van der Waals surface area (Å²) < 4.78 is 240. The normalized spacial score (nSPS) is 20.3. The van der Waals surface area contributed by atoms with E-state index in [1.807, 2.05) is 47.6 Å². The van der Waals surface area contributed by atoms with Crippen LogP contribution in [0.4, 0.5) is 0 Å². The first kappa shape index (κ1) is 25.6. The van der Waals surface area contributed by atoms with Crippen LogP contribution in [0, 0.1) is 19.1 Å². The van der Waals surface area contributed by atoms with Gasteiger partial charge in [-0.05, 0) is 145 Å². The molecule has 6 aromatic carbocycles. The second-order valence-electron chi connectivity index (χ2n) is 20.9. The molecule has 4 heteroatoms. The first-order valence-electron chi connectivity index (χ1n) is 36.1. The highest BCUT2D eigenvalue weighted by molar-refractivity contribution is 5.98. The first-order valence-corrected chi connectivity index (χ1v) is 22.6. The smallest absolute Gasteiger partial charge is 0.149 e. The summed E-state index contributed by atoms with van der Waals surface area (Å²) in [4.78, 5) is 9.82. The van der Waals surface area contributed by atoms with Crippen LogP contribution in [-0.2, 0) is 28.0 Å². The molecule has 356 valence electrons. The molecular formula is C65H75N3O. The van der Waals surface area contributed by atoms with E-state index < -0.39 is 134 Å². The molecular weight excluding hydrogens is 839 g/mol. The van der Waals surface area contributed by atoms with Crippen molar-refractivity contribution in [2.24, 2.45) is 5.41 Å². The van der Waals surface area contributed by atoms with Gasteiger partial charge in [0.1, 0.15) is 11.6 Å². The van der Waals surface area contributed by atoms with Gasteiger partial charge in [0.25, 0.3) is 0 Å². The average Bonchev–Trinajstić information content (AvgIpc) is 1.05. The largest absolute Gasteiger partial charge is 0.507 e. The summed E-state index contributed by atoms with van der Waals surface area (Å²) in [5.74, 6) is -2.00. The maximum absolute atomic E-state index is 13.2. The number of aryl methyl sites for hydroxylation is 2. The van der Waals surface area contributed by atoms with Crippen LogP contribution >= 0.6 is 0 Å². The molecule has 4 nitrogen and oxygen atoms in total. The predicted molar refractivity (Wildman–Crippen MR) is 295 cm³/mol. The molecule has 0 aliphatic carbocycles. The van der Waals surface area contributed by atoms with Crippen molar-refractivity contribution in [3.05, 3.63) is 166 Å². The third-order valence-corrected chi connectivity index (χ3v) is 12.1. The number of aromatic nitrogens is 3. The van der Waals surface area contributed by atoms with Crippen molar-refractivity contribution in [3.63, 3.8) is 0 Å². The lowest BCUT2D eigenvalue weighted by atomic mass is 9.79. The molecule has 2 aromatic heterocycles. The number of hydrogen-bond acceptors (Lipinski definition) is 3. The number of para-hydroxylation sites is 1. The maximum Gasteiger partial charge on any atom is 0.149 e. The molecule has 2 heterocycles. The van der Waals surface area contributed by atoms with E-state index in [0.717, 1.165) is 17.8 Å². The number of benzene rings is 6. The Hall–Kier alpha value is -6.26. The van der Waals surface area contributed by atoms with Crippen molar-refractivity contribution in [3.8, 4) is 67.5 Å². The fourth-order valence-corrected chi connectivity index (χ4v) is 8.52. The van der Waals surface area contributed by atoms with E-state index >= 15 is 0 Å². The quantitative estimate of drug-likeness (QED) is 0.173. The SMILES string of the molecule is [2H]c1cc(C([2H])([2H])C(C)(C)C)cc(C([2H])([2H])[2H])c1-c1cc(-c2cc(-c3cccc4c3nc(-c3cc(C(C([2H])([2H])[2H])(C([2H])([2H])[2H])C([2H])([2H])[2H])cc(C(C([2H])([2H])[2H])(C([2H])([2H])[2H])C([2H])([2H])[2H])c3O)n4-c3ccc(C(C)(C)C)cc3-c3ccccc3)cc(C(C)(C)C)c2)ncc1C([2H])([2H])[2H]. The van der Waals surface area contributed by atoms with Crippen molar-refractivity contribution in [2.45, 2.75) is 145 Å². The van der Waals surface area contributed by atoms with Gasteiger partial charge in [0.2, 0.25) is 0 Å². The van der Waals surface area contributed by atoms with Crippen LogP contribution in [0.1, 0.15) is 179 Å². The zero-order valence-corrected chi connectivity index (χ0v) is 40.3. The third kappa shape index (κ3) is 10.1. The fourth-order valence-electron chi connectivity index (χ4n) is 8.52. The van der Waals surface area contributed by atoms with Gasteiger partial charge in [-0.1, -0.05) is 182 Å². The molecule has 69 heavy (non-hydrogen) atoms. The van der Waals surface area contributed by atoms with Crippen molar-refractivity contribution in [1.82, 2.24) is 14.5 Å². The van der Waals surface area contributed by atoms with E-state index in [1.165, 1.54) is 16.7 Å². The van der Waals surface area contributed by atoms with E-state index in [9.17, 15) is 6.48 Å². The maximum atomic E-state index is 13.2. The van der Waals surface area contributed by atoms with Gasteiger partial charge in [0.05, 0.1) is 29.3 Å². The van der Waals surface area contributed by atoms with E-state index in [4.69, 9.17) is 40.6 Å². The lowest BCUT2D eigenvalue weighted by Crippen LogP contribution is -2.17. The molecule has 0 saturated heterocycles. The van der Waals surface area contributed by atoms with E-state index in [2.05, 4.69) is 4.98 Å². The highest BCUT2D eigenvalue weighted by atomic mass is 16.3. The van der Waals surface area contributed by atoms with Crippen LogP contribution in [0.2, 0.25) is 0 Å². The minimum absolute atomic E-state index is 0.00000118. The number of pyridine rings is 1. The number of hydrogen-bond donors (Lipinski definition) is 1. The molecule has 8 rings (SSSR count). The van der Waals surface area contributed by atoms with Gasteiger partial charge in [-0.25, -0.2) is 4.98 Å². The summed E-state index contributed by atoms with van der Waals surface area (Å²) in [7, 11) is 0. The topological polar surface area (TPSA) is 50.9 Å². The molecule has 1 N–H and O–H groups in total. The standard InChI is InChI=1S/C65H75N3O/c1-40-30-42(38-61(3,4)5)26-28-49(40)51-37-55(66-39-41(51)2)45-31-44(32-47(33-45)63(9,10)11)50-24-21-25-57-58(50)67-60(53-35-48(64(12,13)14)36-54(59(53)69)65(15,16)17)68(57)56-29-27-46(62(6,7)8)34-52(56)43-22-19-18-20-23-43/h18-37,39,69H,38H2,1-17H3/i1D3,2D3,12D3,13D3,14D3,15D3,16D3,17D3,28D,38D2. The van der Waals surface area contributed by atoms with Gasteiger partial charge in [0, 0.05) is 64.1 Å². The molecule has 8 aromatic rings. The number of nitrogens with zero attached hydrogens (tertiary/aromatic N) is 3. The van der Waals surface area contributed by atoms with Crippen LogP contribution < -0.4 is 0 Å². The number of imidazole rings is 1. The van der Waals surface area contributed by atoms with Gasteiger partial charge in [-0.2, -0.15) is 0 Å². The Morgan fingerprint density at radius 1 is 0.565 bits per heavy atom. The highest BCUT2D eigenvalue weighted by Gasteiger charge is 2.30. The monoisotopic (exact) mass is 941 g/mol. The molecule has 0 atom stereocenters. The van der Waals surface area contributed by atoms with Gasteiger partial charge < -0.3 is 5.11 Å². The number of aromatic hydroxyl groups is 1. The Bertz CT molecular complexity index is 4210. The second kappa shape index (κ2) is 17.6. The van der Waals surface area contributed by atoms with Crippen LogP contribution in [0.3, 0.4) is 0 Å². The van der Waals surface area contributed by atoms with Crippen LogP contribution in [0.5, 0.6) is 5.75 Å². The van der Waals surface area contributed by atoms with Gasteiger partial charge in [-0.15, -0.1) is 0 Å². The summed E-state index contributed by atoms with van der Waals surface area (Å²) in [6, 6.07) is 28.2. The zero-order valence-electron chi connectivity index (χ0n) is 67.3. The average molecular weight is 941 g/mol. The predicted octanol–water partition coefficient (Wildman–Crippen LogP) is 17.9.